The average Bonchev–Trinajstić information content (AvgIpc) is 3.03. The van der Waals surface area contributed by atoms with Crippen LogP contribution in [0.1, 0.15) is 11.1 Å². The number of thioether (sulfide) groups is 1. The topological polar surface area (TPSA) is 72.7 Å². The molecule has 6 nitrogen and oxygen atoms in total. The second kappa shape index (κ2) is 8.26. The smallest absolute Gasteiger partial charge is 0.235 e. The molecule has 7 heteroatoms. The summed E-state index contributed by atoms with van der Waals surface area (Å²) in [6.07, 6.45) is 8.89. The summed E-state index contributed by atoms with van der Waals surface area (Å²) in [4.78, 5) is 20.0. The first-order valence-corrected chi connectivity index (χ1v) is 8.64. The fraction of sp³-hybridized carbons (Fsp3) is 0.176. The van der Waals surface area contributed by atoms with Crippen LogP contribution in [0, 0.1) is 0 Å². The molecule has 0 saturated heterocycles. The highest BCUT2D eigenvalue weighted by molar-refractivity contribution is 7.99. The van der Waals surface area contributed by atoms with E-state index < -0.39 is 0 Å². The normalized spacial score (nSPS) is 10.5. The lowest BCUT2D eigenvalue weighted by atomic mass is 10.3. The van der Waals surface area contributed by atoms with E-state index in [1.807, 2.05) is 30.5 Å². The van der Waals surface area contributed by atoms with Crippen molar-refractivity contribution in [3.05, 3.63) is 72.4 Å². The molecule has 0 aliphatic rings. The minimum atomic E-state index is -0.0549. The maximum Gasteiger partial charge on any atom is 0.235 e. The number of amides is 1. The molecule has 0 spiro atoms. The van der Waals surface area contributed by atoms with E-state index in [4.69, 9.17) is 0 Å². The van der Waals surface area contributed by atoms with Crippen molar-refractivity contribution in [2.45, 2.75) is 12.3 Å². The third-order valence-corrected chi connectivity index (χ3v) is 4.23. The molecule has 0 unspecified atom stereocenters. The van der Waals surface area contributed by atoms with Gasteiger partial charge < -0.3 is 5.32 Å². The van der Waals surface area contributed by atoms with Crippen molar-refractivity contribution in [1.82, 2.24) is 19.7 Å². The van der Waals surface area contributed by atoms with Gasteiger partial charge in [-0.3, -0.25) is 19.4 Å². The lowest BCUT2D eigenvalue weighted by Gasteiger charge is -2.03. The molecule has 0 fully saturated rings. The fourth-order valence-electron chi connectivity index (χ4n) is 2.11. The zero-order chi connectivity index (χ0) is 16.6. The first-order chi connectivity index (χ1) is 11.8. The van der Waals surface area contributed by atoms with Gasteiger partial charge in [0.25, 0.3) is 0 Å². The van der Waals surface area contributed by atoms with Gasteiger partial charge >= 0.3 is 0 Å². The molecule has 0 atom stereocenters. The lowest BCUT2D eigenvalue weighted by molar-refractivity contribution is -0.113. The maximum atomic E-state index is 12.0. The Kier molecular flexibility index (Phi) is 5.57. The summed E-state index contributed by atoms with van der Waals surface area (Å²) in [6.45, 7) is 0.625. The Hall–Kier alpha value is -2.67. The van der Waals surface area contributed by atoms with Crippen LogP contribution >= 0.6 is 11.8 Å². The molecule has 3 rings (SSSR count). The van der Waals surface area contributed by atoms with E-state index in [1.54, 1.807) is 47.3 Å². The number of carbonyl (C=O) groups is 1. The standard InChI is InChI=1S/C17H17N5OS/c23-17(13-24-12-14-3-7-18-8-4-14)20-16-5-9-22(21-16)11-15-2-1-6-19-10-15/h1-10H,11-13H2,(H,20,21,23). The first-order valence-electron chi connectivity index (χ1n) is 7.48. The first kappa shape index (κ1) is 16.2. The molecule has 0 bridgehead atoms. The molecular weight excluding hydrogens is 322 g/mol. The number of hydrogen-bond donors (Lipinski definition) is 1. The van der Waals surface area contributed by atoms with Crippen LogP contribution in [0.4, 0.5) is 5.82 Å². The number of nitrogens with zero attached hydrogens (tertiary/aromatic N) is 4. The van der Waals surface area contributed by atoms with Gasteiger partial charge in [0.1, 0.15) is 0 Å². The van der Waals surface area contributed by atoms with E-state index >= 15 is 0 Å². The van der Waals surface area contributed by atoms with E-state index in [-0.39, 0.29) is 5.91 Å². The van der Waals surface area contributed by atoms with Gasteiger partial charge in [-0.15, -0.1) is 11.8 Å². The second-order valence-corrected chi connectivity index (χ2v) is 6.14. The van der Waals surface area contributed by atoms with Crippen LogP contribution in [0.5, 0.6) is 0 Å². The zero-order valence-corrected chi connectivity index (χ0v) is 13.8. The summed E-state index contributed by atoms with van der Waals surface area (Å²) < 4.78 is 1.77. The monoisotopic (exact) mass is 339 g/mol. The number of hydrogen-bond acceptors (Lipinski definition) is 5. The van der Waals surface area contributed by atoms with Gasteiger partial charge in [0.15, 0.2) is 5.82 Å². The predicted octanol–water partition coefficient (Wildman–Crippen LogP) is 2.59. The third kappa shape index (κ3) is 4.92. The van der Waals surface area contributed by atoms with Crippen LogP contribution in [0.15, 0.2) is 61.3 Å². The van der Waals surface area contributed by atoms with Crippen molar-refractivity contribution < 1.29 is 4.79 Å². The molecule has 3 heterocycles. The van der Waals surface area contributed by atoms with Crippen molar-refractivity contribution in [2.24, 2.45) is 0 Å². The molecule has 0 aliphatic heterocycles. The Morgan fingerprint density at radius 1 is 1.08 bits per heavy atom. The molecule has 122 valence electrons. The largest absolute Gasteiger partial charge is 0.308 e. The van der Waals surface area contributed by atoms with Crippen LogP contribution in [-0.4, -0.2) is 31.4 Å². The van der Waals surface area contributed by atoms with Gasteiger partial charge in [-0.05, 0) is 29.3 Å². The molecule has 0 aromatic carbocycles. The predicted molar refractivity (Wildman–Crippen MR) is 94.6 cm³/mol. The Balaban J connectivity index is 1.45. The average molecular weight is 339 g/mol. The Bertz CT molecular complexity index is 776. The maximum absolute atomic E-state index is 12.0. The summed E-state index contributed by atoms with van der Waals surface area (Å²) in [7, 11) is 0. The molecule has 3 aromatic rings. The zero-order valence-electron chi connectivity index (χ0n) is 13.0. The van der Waals surface area contributed by atoms with Crippen LogP contribution in [0.3, 0.4) is 0 Å². The number of aromatic nitrogens is 4. The number of anilines is 1. The highest BCUT2D eigenvalue weighted by Crippen LogP contribution is 2.12. The highest BCUT2D eigenvalue weighted by atomic mass is 32.2. The summed E-state index contributed by atoms with van der Waals surface area (Å²) in [6, 6.07) is 9.57. The molecule has 1 amide bonds. The molecule has 1 N–H and O–H groups in total. The second-order valence-electron chi connectivity index (χ2n) is 5.16. The number of rotatable bonds is 7. The SMILES string of the molecule is O=C(CSCc1ccncc1)Nc1ccn(Cc2cccnc2)n1. The van der Waals surface area contributed by atoms with E-state index in [0.29, 0.717) is 18.1 Å². The van der Waals surface area contributed by atoms with Gasteiger partial charge in [0.05, 0.1) is 12.3 Å². The third-order valence-electron chi connectivity index (χ3n) is 3.23. The molecular formula is C17H17N5OS. The molecule has 24 heavy (non-hydrogen) atoms. The van der Waals surface area contributed by atoms with Crippen LogP contribution in [-0.2, 0) is 17.1 Å². The minimum absolute atomic E-state index is 0.0549. The van der Waals surface area contributed by atoms with Gasteiger partial charge in [0, 0.05) is 42.8 Å². The van der Waals surface area contributed by atoms with Gasteiger partial charge in [0.2, 0.25) is 5.91 Å². The van der Waals surface area contributed by atoms with E-state index in [1.165, 1.54) is 0 Å². The van der Waals surface area contributed by atoms with Crippen molar-refractivity contribution in [2.75, 3.05) is 11.1 Å². The Morgan fingerprint density at radius 3 is 2.75 bits per heavy atom. The number of pyridine rings is 2. The van der Waals surface area contributed by atoms with Crippen LogP contribution < -0.4 is 5.32 Å². The van der Waals surface area contributed by atoms with Crippen molar-refractivity contribution >= 4 is 23.5 Å². The van der Waals surface area contributed by atoms with Crippen LogP contribution in [0.25, 0.3) is 0 Å². The van der Waals surface area contributed by atoms with Crippen molar-refractivity contribution in [1.29, 1.82) is 0 Å². The summed E-state index contributed by atoms with van der Waals surface area (Å²) >= 11 is 1.56. The minimum Gasteiger partial charge on any atom is -0.308 e. The lowest BCUT2D eigenvalue weighted by Crippen LogP contribution is -2.15. The van der Waals surface area contributed by atoms with E-state index in [0.717, 1.165) is 16.9 Å². The van der Waals surface area contributed by atoms with Gasteiger partial charge in [-0.2, -0.15) is 5.10 Å². The molecule has 0 radical (unpaired) electrons. The van der Waals surface area contributed by atoms with E-state index in [9.17, 15) is 4.79 Å². The van der Waals surface area contributed by atoms with Crippen molar-refractivity contribution in [3.63, 3.8) is 0 Å². The quantitative estimate of drug-likeness (QED) is 0.716. The molecule has 0 saturated carbocycles. The number of carbonyl (C=O) groups excluding carboxylic acids is 1. The summed E-state index contributed by atoms with van der Waals surface area (Å²) in [5.74, 6) is 1.68. The Labute approximate surface area is 144 Å². The van der Waals surface area contributed by atoms with E-state index in [2.05, 4.69) is 20.4 Å². The highest BCUT2D eigenvalue weighted by Gasteiger charge is 2.06. The van der Waals surface area contributed by atoms with Gasteiger partial charge in [-0.25, -0.2) is 0 Å². The van der Waals surface area contributed by atoms with Gasteiger partial charge in [-0.1, -0.05) is 6.07 Å². The van der Waals surface area contributed by atoms with Crippen molar-refractivity contribution in [3.8, 4) is 0 Å². The summed E-state index contributed by atoms with van der Waals surface area (Å²) in [5, 5.41) is 7.17. The number of nitrogens with one attached hydrogen (secondary N) is 1. The Morgan fingerprint density at radius 2 is 1.96 bits per heavy atom. The van der Waals surface area contributed by atoms with Crippen LogP contribution in [0.2, 0.25) is 0 Å². The molecule has 3 aromatic heterocycles. The summed E-state index contributed by atoms with van der Waals surface area (Å²) in [5.41, 5.74) is 2.22. The fourth-order valence-corrected chi connectivity index (χ4v) is 2.90. The molecule has 0 aliphatic carbocycles.